The van der Waals surface area contributed by atoms with Crippen LogP contribution in [0.1, 0.15) is 38.1 Å². The van der Waals surface area contributed by atoms with Crippen molar-refractivity contribution in [3.63, 3.8) is 0 Å². The van der Waals surface area contributed by atoms with Crippen molar-refractivity contribution < 1.29 is 14.3 Å². The van der Waals surface area contributed by atoms with E-state index in [4.69, 9.17) is 4.74 Å². The van der Waals surface area contributed by atoms with Gasteiger partial charge in [0.2, 0.25) is 0 Å². The predicted molar refractivity (Wildman–Crippen MR) is 148 cm³/mol. The van der Waals surface area contributed by atoms with Crippen LogP contribution in [0.25, 0.3) is 21.3 Å². The van der Waals surface area contributed by atoms with Gasteiger partial charge >= 0.3 is 5.97 Å². The van der Waals surface area contributed by atoms with Crippen molar-refractivity contribution in [2.75, 3.05) is 11.9 Å². The van der Waals surface area contributed by atoms with Gasteiger partial charge in [0, 0.05) is 10.9 Å². The molecule has 2 aromatic carbocycles. The number of benzene rings is 2. The number of nitrogens with zero attached hydrogens (tertiary/aromatic N) is 2. The fourth-order valence-electron chi connectivity index (χ4n) is 4.11. The van der Waals surface area contributed by atoms with Gasteiger partial charge in [-0.3, -0.25) is 14.2 Å². The molecule has 0 spiro atoms. The normalized spacial score (nSPS) is 11.0. The molecule has 0 aliphatic rings. The van der Waals surface area contributed by atoms with E-state index in [0.29, 0.717) is 43.3 Å². The summed E-state index contributed by atoms with van der Waals surface area (Å²) < 4.78 is 6.84. The van der Waals surface area contributed by atoms with E-state index in [1.807, 2.05) is 66.0 Å². The zero-order valence-corrected chi connectivity index (χ0v) is 21.8. The summed E-state index contributed by atoms with van der Waals surface area (Å²) in [6, 6.07) is 19.1. The second kappa shape index (κ2) is 10.5. The lowest BCUT2D eigenvalue weighted by Crippen LogP contribution is -2.21. The first-order valence-corrected chi connectivity index (χ1v) is 13.3. The number of aromatic nitrogens is 2. The van der Waals surface area contributed by atoms with Crippen molar-refractivity contribution >= 4 is 49.8 Å². The summed E-state index contributed by atoms with van der Waals surface area (Å²) in [6.07, 6.45) is 1.51. The quantitative estimate of drug-likeness (QED) is 0.262. The van der Waals surface area contributed by atoms with Crippen LogP contribution in [0.3, 0.4) is 0 Å². The van der Waals surface area contributed by atoms with Gasteiger partial charge in [-0.25, -0.2) is 9.78 Å². The van der Waals surface area contributed by atoms with Crippen LogP contribution in [0.15, 0.2) is 77.2 Å². The van der Waals surface area contributed by atoms with Crippen molar-refractivity contribution in [2.24, 2.45) is 0 Å². The number of amides is 1. The van der Waals surface area contributed by atoms with E-state index >= 15 is 0 Å². The molecule has 0 saturated heterocycles. The maximum Gasteiger partial charge on any atom is 0.341 e. The average Bonchev–Trinajstić information content (AvgIpc) is 3.48. The van der Waals surface area contributed by atoms with Gasteiger partial charge in [0.1, 0.15) is 15.4 Å². The molecule has 0 atom stereocenters. The highest BCUT2D eigenvalue weighted by atomic mass is 32.1. The summed E-state index contributed by atoms with van der Waals surface area (Å²) in [5, 5.41) is 5.54. The standard InChI is InChI=1S/C28H23N3O4S2/c1-3-35-28(34)22-20(19-12-8-5-9-13-19)15-36-26(22)30-24(32)23-17(2)21-25(37-23)29-16-31(27(21)33)14-18-10-6-4-7-11-18/h4-13,15-16H,3,14H2,1-2H3,(H,30,32). The second-order valence-electron chi connectivity index (χ2n) is 8.29. The molecule has 7 nitrogen and oxygen atoms in total. The second-order valence-corrected chi connectivity index (χ2v) is 10.2. The van der Waals surface area contributed by atoms with E-state index < -0.39 is 11.9 Å². The van der Waals surface area contributed by atoms with Gasteiger partial charge in [-0.2, -0.15) is 0 Å². The van der Waals surface area contributed by atoms with Crippen LogP contribution >= 0.6 is 22.7 Å². The number of nitrogens with one attached hydrogen (secondary N) is 1. The summed E-state index contributed by atoms with van der Waals surface area (Å²) in [5.74, 6) is -0.905. The van der Waals surface area contributed by atoms with Gasteiger partial charge in [-0.15, -0.1) is 22.7 Å². The summed E-state index contributed by atoms with van der Waals surface area (Å²) in [5.41, 5.74) is 3.20. The highest BCUT2D eigenvalue weighted by Gasteiger charge is 2.25. The van der Waals surface area contributed by atoms with Crippen molar-refractivity contribution in [3.05, 3.63) is 104 Å². The van der Waals surface area contributed by atoms with E-state index in [1.54, 1.807) is 18.4 Å². The van der Waals surface area contributed by atoms with Gasteiger partial charge in [-0.1, -0.05) is 60.7 Å². The first-order valence-electron chi connectivity index (χ1n) is 11.7. The Hall–Kier alpha value is -4.08. The van der Waals surface area contributed by atoms with Crippen molar-refractivity contribution in [1.29, 1.82) is 0 Å². The summed E-state index contributed by atoms with van der Waals surface area (Å²) in [7, 11) is 0. The molecule has 5 rings (SSSR count). The molecule has 0 aliphatic carbocycles. The Balaban J connectivity index is 1.49. The number of carbonyl (C=O) groups excluding carboxylic acids is 2. The van der Waals surface area contributed by atoms with E-state index in [-0.39, 0.29) is 12.2 Å². The smallest absolute Gasteiger partial charge is 0.341 e. The zero-order chi connectivity index (χ0) is 25.9. The molecule has 0 radical (unpaired) electrons. The monoisotopic (exact) mass is 529 g/mol. The van der Waals surface area contributed by atoms with Crippen LogP contribution in [-0.4, -0.2) is 28.0 Å². The third-order valence-corrected chi connectivity index (χ3v) is 8.00. The lowest BCUT2D eigenvalue weighted by Gasteiger charge is -2.08. The van der Waals surface area contributed by atoms with E-state index in [2.05, 4.69) is 10.3 Å². The molecule has 186 valence electrons. The minimum atomic E-state index is -0.503. The van der Waals surface area contributed by atoms with Crippen LogP contribution in [0.5, 0.6) is 0 Å². The molecule has 0 bridgehead atoms. The number of aryl methyl sites for hydroxylation is 1. The Bertz CT molecular complexity index is 1650. The number of anilines is 1. The van der Waals surface area contributed by atoms with Gasteiger partial charge < -0.3 is 10.1 Å². The Labute approximate surface area is 221 Å². The highest BCUT2D eigenvalue weighted by molar-refractivity contribution is 7.21. The van der Waals surface area contributed by atoms with Crippen LogP contribution in [0.4, 0.5) is 5.00 Å². The van der Waals surface area contributed by atoms with Gasteiger partial charge in [0.15, 0.2) is 0 Å². The molecule has 3 aromatic heterocycles. The largest absolute Gasteiger partial charge is 0.462 e. The van der Waals surface area contributed by atoms with Crippen molar-refractivity contribution in [3.8, 4) is 11.1 Å². The van der Waals surface area contributed by atoms with Gasteiger partial charge in [0.25, 0.3) is 11.5 Å². The van der Waals surface area contributed by atoms with Crippen molar-refractivity contribution in [1.82, 2.24) is 9.55 Å². The van der Waals surface area contributed by atoms with Crippen LogP contribution in [0, 0.1) is 6.92 Å². The third-order valence-electron chi connectivity index (χ3n) is 5.90. The molecule has 0 saturated carbocycles. The number of fused-ring (bicyclic) bond motifs is 1. The zero-order valence-electron chi connectivity index (χ0n) is 20.2. The Morgan fingerprint density at radius 2 is 1.76 bits per heavy atom. The Kier molecular flexibility index (Phi) is 6.98. The maximum atomic E-state index is 13.4. The third kappa shape index (κ3) is 4.83. The van der Waals surface area contributed by atoms with E-state index in [9.17, 15) is 14.4 Å². The SMILES string of the molecule is CCOC(=O)c1c(-c2ccccc2)csc1NC(=O)c1sc2ncn(Cc3ccccc3)c(=O)c2c1C. The topological polar surface area (TPSA) is 90.3 Å². The number of thiophene rings is 2. The summed E-state index contributed by atoms with van der Waals surface area (Å²) in [4.78, 5) is 44.8. The van der Waals surface area contributed by atoms with Gasteiger partial charge in [-0.05, 0) is 30.5 Å². The van der Waals surface area contributed by atoms with E-state index in [0.717, 1.165) is 22.5 Å². The molecule has 1 N–H and O–H groups in total. The molecule has 5 aromatic rings. The number of esters is 1. The summed E-state index contributed by atoms with van der Waals surface area (Å²) >= 11 is 2.42. The molecule has 3 heterocycles. The molecule has 0 aliphatic heterocycles. The average molecular weight is 530 g/mol. The molecule has 37 heavy (non-hydrogen) atoms. The van der Waals surface area contributed by atoms with Crippen LogP contribution in [-0.2, 0) is 11.3 Å². The van der Waals surface area contributed by atoms with Crippen LogP contribution in [0.2, 0.25) is 0 Å². The minimum Gasteiger partial charge on any atom is -0.462 e. The fraction of sp³-hybridized carbons (Fsp3) is 0.143. The lowest BCUT2D eigenvalue weighted by atomic mass is 10.0. The first kappa shape index (κ1) is 24.6. The predicted octanol–water partition coefficient (Wildman–Crippen LogP) is 5.97. The van der Waals surface area contributed by atoms with Gasteiger partial charge in [0.05, 0.1) is 29.7 Å². The van der Waals surface area contributed by atoms with Crippen molar-refractivity contribution in [2.45, 2.75) is 20.4 Å². The molecular weight excluding hydrogens is 506 g/mol. The lowest BCUT2D eigenvalue weighted by molar-refractivity contribution is 0.0529. The number of carbonyl (C=O) groups is 2. The molecule has 9 heteroatoms. The van der Waals surface area contributed by atoms with Crippen LogP contribution < -0.4 is 10.9 Å². The Morgan fingerprint density at radius 1 is 1.05 bits per heavy atom. The minimum absolute atomic E-state index is 0.198. The number of ether oxygens (including phenoxy) is 1. The molecule has 0 unspecified atom stereocenters. The van der Waals surface area contributed by atoms with E-state index in [1.165, 1.54) is 17.7 Å². The highest BCUT2D eigenvalue weighted by Crippen LogP contribution is 2.37. The number of hydrogen-bond acceptors (Lipinski definition) is 7. The Morgan fingerprint density at radius 3 is 2.46 bits per heavy atom. The maximum absolute atomic E-state index is 13.4. The molecule has 1 amide bonds. The first-order chi connectivity index (χ1) is 18.0. The number of rotatable bonds is 7. The summed E-state index contributed by atoms with van der Waals surface area (Å²) in [6.45, 7) is 4.09. The fourth-order valence-corrected chi connectivity index (χ4v) is 6.10. The number of hydrogen-bond donors (Lipinski definition) is 1. The molecule has 0 fully saturated rings. The molecular formula is C28H23N3O4S2.